The van der Waals surface area contributed by atoms with Gasteiger partial charge in [-0.3, -0.25) is 4.99 Å². The average Bonchev–Trinajstić information content (AvgIpc) is 3.08. The van der Waals surface area contributed by atoms with E-state index in [9.17, 15) is 0 Å². The minimum absolute atomic E-state index is 0.310. The molecule has 0 aliphatic carbocycles. The highest BCUT2D eigenvalue weighted by Crippen LogP contribution is 2.25. The molecule has 1 fully saturated rings. The minimum atomic E-state index is 0.310. The second-order valence-corrected chi connectivity index (χ2v) is 5.61. The van der Waals surface area contributed by atoms with E-state index in [0.717, 1.165) is 44.2 Å². The fourth-order valence-corrected chi connectivity index (χ4v) is 2.67. The Bertz CT molecular complexity index is 485. The average molecular weight is 305 g/mol. The summed E-state index contributed by atoms with van der Waals surface area (Å²) >= 11 is 0. The van der Waals surface area contributed by atoms with Gasteiger partial charge < -0.3 is 20.1 Å². The highest BCUT2D eigenvalue weighted by atomic mass is 16.5. The van der Waals surface area contributed by atoms with E-state index < -0.39 is 0 Å². The number of rotatable bonds is 6. The van der Waals surface area contributed by atoms with Crippen LogP contribution >= 0.6 is 0 Å². The first-order chi connectivity index (χ1) is 10.7. The van der Waals surface area contributed by atoms with Crippen LogP contribution in [0.4, 0.5) is 0 Å². The predicted octanol–water partition coefficient (Wildman–Crippen LogP) is 2.14. The van der Waals surface area contributed by atoms with Gasteiger partial charge in [0.15, 0.2) is 5.96 Å². The van der Waals surface area contributed by atoms with Crippen LogP contribution in [0.3, 0.4) is 0 Å². The lowest BCUT2D eigenvalue weighted by atomic mass is 10.0. The first-order valence-corrected chi connectivity index (χ1v) is 7.93. The zero-order valence-corrected chi connectivity index (χ0v) is 13.8. The minimum Gasteiger partial charge on any atom is -0.496 e. The SMILES string of the molecule is CN=C(NCC1CCCO1)NCC(C)c1ccccc1OC. The Balaban J connectivity index is 1.81. The quantitative estimate of drug-likeness (QED) is 0.624. The molecule has 2 unspecified atom stereocenters. The third kappa shape index (κ3) is 4.63. The van der Waals surface area contributed by atoms with Gasteiger partial charge in [-0.15, -0.1) is 0 Å². The molecular weight excluding hydrogens is 278 g/mol. The van der Waals surface area contributed by atoms with E-state index in [0.29, 0.717) is 12.0 Å². The number of guanidine groups is 1. The number of nitrogens with one attached hydrogen (secondary N) is 2. The molecule has 1 aromatic rings. The van der Waals surface area contributed by atoms with Gasteiger partial charge in [0.2, 0.25) is 0 Å². The summed E-state index contributed by atoms with van der Waals surface area (Å²) in [6.07, 6.45) is 2.59. The van der Waals surface area contributed by atoms with Crippen molar-refractivity contribution in [2.45, 2.75) is 31.8 Å². The fraction of sp³-hybridized carbons (Fsp3) is 0.588. The van der Waals surface area contributed by atoms with Gasteiger partial charge in [0.1, 0.15) is 5.75 Å². The molecule has 0 bridgehead atoms. The van der Waals surface area contributed by atoms with E-state index in [1.807, 2.05) is 18.2 Å². The molecule has 1 saturated heterocycles. The lowest BCUT2D eigenvalue weighted by Crippen LogP contribution is -2.42. The number of nitrogens with zero attached hydrogens (tertiary/aromatic N) is 1. The van der Waals surface area contributed by atoms with E-state index in [4.69, 9.17) is 9.47 Å². The van der Waals surface area contributed by atoms with Crippen LogP contribution in [0.15, 0.2) is 29.3 Å². The Labute approximate surface area is 133 Å². The van der Waals surface area contributed by atoms with Crippen LogP contribution in [0.5, 0.6) is 5.75 Å². The maximum absolute atomic E-state index is 5.61. The van der Waals surface area contributed by atoms with Crippen molar-refractivity contribution in [1.82, 2.24) is 10.6 Å². The Kier molecular flexibility index (Phi) is 6.52. The zero-order valence-electron chi connectivity index (χ0n) is 13.8. The molecule has 0 aromatic heterocycles. The first-order valence-electron chi connectivity index (χ1n) is 7.93. The molecule has 2 rings (SSSR count). The van der Waals surface area contributed by atoms with Crippen molar-refractivity contribution in [2.75, 3.05) is 33.9 Å². The molecule has 2 N–H and O–H groups in total. The van der Waals surface area contributed by atoms with Crippen molar-refractivity contribution in [3.05, 3.63) is 29.8 Å². The van der Waals surface area contributed by atoms with Crippen molar-refractivity contribution < 1.29 is 9.47 Å². The molecular formula is C17H27N3O2. The number of hydrogen-bond donors (Lipinski definition) is 2. The topological polar surface area (TPSA) is 54.9 Å². The third-order valence-corrected chi connectivity index (χ3v) is 3.99. The first kappa shape index (κ1) is 16.6. The molecule has 5 nitrogen and oxygen atoms in total. The number of ether oxygens (including phenoxy) is 2. The molecule has 1 aliphatic rings. The Morgan fingerprint density at radius 2 is 2.23 bits per heavy atom. The Morgan fingerprint density at radius 3 is 2.91 bits per heavy atom. The number of hydrogen-bond acceptors (Lipinski definition) is 3. The third-order valence-electron chi connectivity index (χ3n) is 3.99. The molecule has 22 heavy (non-hydrogen) atoms. The van der Waals surface area contributed by atoms with E-state index in [2.05, 4.69) is 28.6 Å². The van der Waals surface area contributed by atoms with Crippen molar-refractivity contribution in [3.8, 4) is 5.75 Å². The van der Waals surface area contributed by atoms with Crippen LogP contribution in [-0.4, -0.2) is 45.9 Å². The lowest BCUT2D eigenvalue weighted by Gasteiger charge is -2.19. The van der Waals surface area contributed by atoms with Gasteiger partial charge in [0.25, 0.3) is 0 Å². The van der Waals surface area contributed by atoms with Gasteiger partial charge in [-0.2, -0.15) is 0 Å². The maximum Gasteiger partial charge on any atom is 0.191 e. The molecule has 122 valence electrons. The number of methoxy groups -OCH3 is 1. The summed E-state index contributed by atoms with van der Waals surface area (Å²) < 4.78 is 11.0. The second-order valence-electron chi connectivity index (χ2n) is 5.61. The maximum atomic E-state index is 5.61. The van der Waals surface area contributed by atoms with Gasteiger partial charge >= 0.3 is 0 Å². The van der Waals surface area contributed by atoms with Gasteiger partial charge in [0.05, 0.1) is 13.2 Å². The van der Waals surface area contributed by atoms with Gasteiger partial charge in [0, 0.05) is 32.7 Å². The van der Waals surface area contributed by atoms with Gasteiger partial charge in [-0.05, 0) is 24.5 Å². The van der Waals surface area contributed by atoms with Crippen LogP contribution in [0.2, 0.25) is 0 Å². The summed E-state index contributed by atoms with van der Waals surface area (Å²) in [5, 5.41) is 6.70. The molecule has 0 spiro atoms. The summed E-state index contributed by atoms with van der Waals surface area (Å²) in [6.45, 7) is 4.66. The van der Waals surface area contributed by atoms with E-state index >= 15 is 0 Å². The number of aliphatic imine (C=N–C) groups is 1. The smallest absolute Gasteiger partial charge is 0.191 e. The van der Waals surface area contributed by atoms with Crippen LogP contribution < -0.4 is 15.4 Å². The van der Waals surface area contributed by atoms with Crippen molar-refractivity contribution in [2.24, 2.45) is 4.99 Å². The highest BCUT2D eigenvalue weighted by molar-refractivity contribution is 5.79. The molecule has 0 amide bonds. The van der Waals surface area contributed by atoms with Crippen LogP contribution in [-0.2, 0) is 4.74 Å². The van der Waals surface area contributed by atoms with E-state index in [1.165, 1.54) is 5.56 Å². The summed E-state index contributed by atoms with van der Waals surface area (Å²) in [5.74, 6) is 2.08. The monoisotopic (exact) mass is 305 g/mol. The highest BCUT2D eigenvalue weighted by Gasteiger charge is 2.16. The fourth-order valence-electron chi connectivity index (χ4n) is 2.67. The molecule has 2 atom stereocenters. The van der Waals surface area contributed by atoms with Crippen LogP contribution in [0, 0.1) is 0 Å². The number of benzene rings is 1. The molecule has 1 aromatic carbocycles. The summed E-state index contributed by atoms with van der Waals surface area (Å²) in [6, 6.07) is 8.13. The van der Waals surface area contributed by atoms with E-state index in [-0.39, 0.29) is 0 Å². The normalized spacial score (nSPS) is 19.8. The van der Waals surface area contributed by atoms with Crippen LogP contribution in [0.25, 0.3) is 0 Å². The summed E-state index contributed by atoms with van der Waals surface area (Å²) in [7, 11) is 3.50. The van der Waals surface area contributed by atoms with Gasteiger partial charge in [-0.25, -0.2) is 0 Å². The predicted molar refractivity (Wildman–Crippen MR) is 89.7 cm³/mol. The molecule has 1 aliphatic heterocycles. The van der Waals surface area contributed by atoms with Crippen molar-refractivity contribution in [3.63, 3.8) is 0 Å². The largest absolute Gasteiger partial charge is 0.496 e. The molecule has 0 saturated carbocycles. The zero-order chi connectivity index (χ0) is 15.8. The molecule has 5 heteroatoms. The van der Waals surface area contributed by atoms with Crippen LogP contribution in [0.1, 0.15) is 31.2 Å². The molecule has 0 radical (unpaired) electrons. The van der Waals surface area contributed by atoms with Crippen molar-refractivity contribution >= 4 is 5.96 Å². The van der Waals surface area contributed by atoms with Gasteiger partial charge in [-0.1, -0.05) is 25.1 Å². The summed E-state index contributed by atoms with van der Waals surface area (Å²) in [4.78, 5) is 4.26. The summed E-state index contributed by atoms with van der Waals surface area (Å²) in [5.41, 5.74) is 1.20. The second kappa shape index (κ2) is 8.63. The van der Waals surface area contributed by atoms with E-state index in [1.54, 1.807) is 14.2 Å². The number of para-hydroxylation sites is 1. The molecule has 1 heterocycles. The Hall–Kier alpha value is -1.75. The standard InChI is InChI=1S/C17H27N3O2/c1-13(15-8-4-5-9-16(15)21-3)11-19-17(18-2)20-12-14-7-6-10-22-14/h4-5,8-9,13-14H,6-7,10-12H2,1-3H3,(H2,18,19,20). The Morgan fingerprint density at radius 1 is 1.41 bits per heavy atom. The lowest BCUT2D eigenvalue weighted by molar-refractivity contribution is 0.114. The van der Waals surface area contributed by atoms with Crippen molar-refractivity contribution in [1.29, 1.82) is 0 Å².